The maximum atomic E-state index is 11.1. The molecule has 0 aliphatic carbocycles. The largest absolute Gasteiger partial charge is 0.481 e. The van der Waals surface area contributed by atoms with Crippen LogP contribution in [0.15, 0.2) is 0 Å². The fraction of sp³-hybridized carbons (Fsp3) is 0.938. The topological polar surface area (TPSA) is 37.3 Å². The Labute approximate surface area is 124 Å². The molecule has 2 nitrogen and oxygen atoms in total. The van der Waals surface area contributed by atoms with Crippen LogP contribution in [0.3, 0.4) is 0 Å². The fourth-order valence-corrected chi connectivity index (χ4v) is 2.63. The molecule has 0 heterocycles. The molecule has 0 aromatic heterocycles. The minimum absolute atomic E-state index is 0.102. The van der Waals surface area contributed by atoms with Gasteiger partial charge in [0.15, 0.2) is 0 Å². The average Bonchev–Trinajstić information content (AvgIpc) is 2.39. The second-order valence-corrected chi connectivity index (χ2v) is 5.97. The Morgan fingerprint density at radius 3 is 1.84 bits per heavy atom. The zero-order valence-corrected chi connectivity index (χ0v) is 13.5. The molecule has 0 aromatic rings. The molecule has 0 aliphatic heterocycles. The van der Waals surface area contributed by atoms with E-state index in [2.05, 4.69) is 19.6 Å². The van der Waals surface area contributed by atoms with E-state index >= 15 is 0 Å². The normalized spacial score (nSPS) is 12.5. The molecule has 0 saturated carbocycles. The number of rotatable bonds is 14. The molecule has 19 heavy (non-hydrogen) atoms. The van der Waals surface area contributed by atoms with Crippen LogP contribution in [0.25, 0.3) is 0 Å². The summed E-state index contributed by atoms with van der Waals surface area (Å²) in [4.78, 5) is 11.1. The molecule has 0 aliphatic rings. The lowest BCUT2D eigenvalue weighted by Crippen LogP contribution is -2.13. The molecule has 0 radical (unpaired) electrons. The average molecular weight is 288 g/mol. The van der Waals surface area contributed by atoms with Gasteiger partial charge in [-0.3, -0.25) is 4.79 Å². The molecule has 1 atom stereocenters. The van der Waals surface area contributed by atoms with Crippen molar-refractivity contribution in [1.82, 2.24) is 0 Å². The van der Waals surface area contributed by atoms with E-state index in [1.807, 2.05) is 0 Å². The number of carboxylic acids is 1. The minimum atomic E-state index is -0.597. The third kappa shape index (κ3) is 12.6. The van der Waals surface area contributed by atoms with Crippen molar-refractivity contribution in [3.8, 4) is 0 Å². The SMILES string of the molecule is CCCCC(CCCCCCCCCCS)C(=O)O. The molecule has 0 bridgehead atoms. The summed E-state index contributed by atoms with van der Waals surface area (Å²) in [6.45, 7) is 2.12. The van der Waals surface area contributed by atoms with Crippen LogP contribution in [-0.2, 0) is 4.79 Å². The van der Waals surface area contributed by atoms with Crippen molar-refractivity contribution >= 4 is 18.6 Å². The van der Waals surface area contributed by atoms with E-state index < -0.39 is 5.97 Å². The van der Waals surface area contributed by atoms with Gasteiger partial charge in [-0.1, -0.05) is 64.7 Å². The predicted octanol–water partition coefficient (Wildman–Crippen LogP) is 5.32. The maximum absolute atomic E-state index is 11.1. The summed E-state index contributed by atoms with van der Waals surface area (Å²) in [6, 6.07) is 0. The van der Waals surface area contributed by atoms with Gasteiger partial charge in [0, 0.05) is 0 Å². The van der Waals surface area contributed by atoms with Crippen molar-refractivity contribution in [3.63, 3.8) is 0 Å². The number of thiol groups is 1. The summed E-state index contributed by atoms with van der Waals surface area (Å²) in [5.41, 5.74) is 0. The van der Waals surface area contributed by atoms with Crippen molar-refractivity contribution in [2.45, 2.75) is 84.0 Å². The van der Waals surface area contributed by atoms with E-state index in [9.17, 15) is 4.79 Å². The lowest BCUT2D eigenvalue weighted by molar-refractivity contribution is -0.142. The van der Waals surface area contributed by atoms with Crippen LogP contribution in [0.4, 0.5) is 0 Å². The Bertz CT molecular complexity index is 207. The molecule has 0 rings (SSSR count). The van der Waals surface area contributed by atoms with Crippen LogP contribution < -0.4 is 0 Å². The molecule has 0 spiro atoms. The number of carboxylic acid groups (broad SMARTS) is 1. The standard InChI is InChI=1S/C16H32O2S/c1-2-3-12-15(16(17)18)13-10-8-6-4-5-7-9-11-14-19/h15,19H,2-14H2,1H3,(H,17,18). The molecule has 1 N–H and O–H groups in total. The van der Waals surface area contributed by atoms with Crippen molar-refractivity contribution in [2.24, 2.45) is 5.92 Å². The van der Waals surface area contributed by atoms with Gasteiger partial charge in [-0.05, 0) is 25.0 Å². The summed E-state index contributed by atoms with van der Waals surface area (Å²) in [7, 11) is 0. The summed E-state index contributed by atoms with van der Waals surface area (Å²) in [6.07, 6.45) is 13.9. The second-order valence-electron chi connectivity index (χ2n) is 5.52. The van der Waals surface area contributed by atoms with E-state index in [1.165, 1.54) is 44.9 Å². The highest BCUT2D eigenvalue weighted by Gasteiger charge is 2.15. The Kier molecular flexibility index (Phi) is 14.1. The first-order valence-electron chi connectivity index (χ1n) is 8.06. The lowest BCUT2D eigenvalue weighted by atomic mass is 9.95. The van der Waals surface area contributed by atoms with E-state index in [0.717, 1.165) is 37.9 Å². The Morgan fingerprint density at radius 1 is 0.895 bits per heavy atom. The molecular weight excluding hydrogens is 256 g/mol. The number of hydrogen-bond donors (Lipinski definition) is 2. The minimum Gasteiger partial charge on any atom is -0.481 e. The molecule has 0 saturated heterocycles. The molecule has 0 fully saturated rings. The van der Waals surface area contributed by atoms with Crippen molar-refractivity contribution < 1.29 is 9.90 Å². The zero-order valence-electron chi connectivity index (χ0n) is 12.6. The van der Waals surface area contributed by atoms with Gasteiger partial charge in [0.1, 0.15) is 0 Å². The van der Waals surface area contributed by atoms with Gasteiger partial charge in [0.05, 0.1) is 5.92 Å². The van der Waals surface area contributed by atoms with Crippen molar-refractivity contribution in [2.75, 3.05) is 5.75 Å². The summed E-state index contributed by atoms with van der Waals surface area (Å²) in [5.74, 6) is 0.310. The van der Waals surface area contributed by atoms with Crippen LogP contribution in [-0.4, -0.2) is 16.8 Å². The summed E-state index contributed by atoms with van der Waals surface area (Å²) >= 11 is 4.20. The van der Waals surface area contributed by atoms with Crippen molar-refractivity contribution in [1.29, 1.82) is 0 Å². The Morgan fingerprint density at radius 2 is 1.37 bits per heavy atom. The van der Waals surface area contributed by atoms with Crippen LogP contribution in [0.1, 0.15) is 84.0 Å². The quantitative estimate of drug-likeness (QED) is 0.335. The smallest absolute Gasteiger partial charge is 0.306 e. The number of unbranched alkanes of at least 4 members (excludes halogenated alkanes) is 8. The van der Waals surface area contributed by atoms with E-state index in [4.69, 9.17) is 5.11 Å². The number of carbonyl (C=O) groups is 1. The molecule has 3 heteroatoms. The molecule has 0 aromatic carbocycles. The highest BCUT2D eigenvalue weighted by Crippen LogP contribution is 2.18. The fourth-order valence-electron chi connectivity index (χ4n) is 2.41. The molecule has 1 unspecified atom stereocenters. The lowest BCUT2D eigenvalue weighted by Gasteiger charge is -2.11. The maximum Gasteiger partial charge on any atom is 0.306 e. The van der Waals surface area contributed by atoms with Crippen LogP contribution in [0, 0.1) is 5.92 Å². The van der Waals surface area contributed by atoms with Gasteiger partial charge in [-0.15, -0.1) is 0 Å². The van der Waals surface area contributed by atoms with Crippen LogP contribution in [0.2, 0.25) is 0 Å². The second kappa shape index (κ2) is 14.2. The molecule has 0 amide bonds. The van der Waals surface area contributed by atoms with Crippen molar-refractivity contribution in [3.05, 3.63) is 0 Å². The van der Waals surface area contributed by atoms with Gasteiger partial charge >= 0.3 is 5.97 Å². The summed E-state index contributed by atoms with van der Waals surface area (Å²) < 4.78 is 0. The number of aliphatic carboxylic acids is 1. The van der Waals surface area contributed by atoms with Gasteiger partial charge in [0.25, 0.3) is 0 Å². The molecule has 114 valence electrons. The Hall–Kier alpha value is -0.180. The Balaban J connectivity index is 3.37. The van der Waals surface area contributed by atoms with E-state index in [-0.39, 0.29) is 5.92 Å². The van der Waals surface area contributed by atoms with Crippen LogP contribution >= 0.6 is 12.6 Å². The van der Waals surface area contributed by atoms with E-state index in [0.29, 0.717) is 0 Å². The molecular formula is C16H32O2S. The van der Waals surface area contributed by atoms with Gasteiger partial charge in [-0.2, -0.15) is 12.6 Å². The monoisotopic (exact) mass is 288 g/mol. The summed E-state index contributed by atoms with van der Waals surface area (Å²) in [5, 5.41) is 9.12. The van der Waals surface area contributed by atoms with Crippen LogP contribution in [0.5, 0.6) is 0 Å². The van der Waals surface area contributed by atoms with Gasteiger partial charge in [0.2, 0.25) is 0 Å². The van der Waals surface area contributed by atoms with E-state index in [1.54, 1.807) is 0 Å². The third-order valence-corrected chi connectivity index (χ3v) is 4.03. The first kappa shape index (κ1) is 18.8. The highest BCUT2D eigenvalue weighted by molar-refractivity contribution is 7.80. The first-order chi connectivity index (χ1) is 9.22. The third-order valence-electron chi connectivity index (χ3n) is 3.72. The zero-order chi connectivity index (χ0) is 14.3. The first-order valence-corrected chi connectivity index (χ1v) is 8.69. The number of hydrogen-bond acceptors (Lipinski definition) is 2. The van der Waals surface area contributed by atoms with Gasteiger partial charge < -0.3 is 5.11 Å². The highest BCUT2D eigenvalue weighted by atomic mass is 32.1. The predicted molar refractivity (Wildman–Crippen MR) is 86.1 cm³/mol. The van der Waals surface area contributed by atoms with Gasteiger partial charge in [-0.25, -0.2) is 0 Å².